The number of hydrogen-bond donors (Lipinski definition) is 18. The Morgan fingerprint density at radius 2 is 0.807 bits per heavy atom. The summed E-state index contributed by atoms with van der Waals surface area (Å²) in [6.07, 6.45) is 8.94. The largest absolute Gasteiger partial charge is 0.497 e. The molecule has 0 aromatic heterocycles. The fourth-order valence-corrected chi connectivity index (χ4v) is 23.9. The number of ether oxygens (including phenoxy) is 1. The standard InChI is InChI=1S/C90H168N26O26S8/c1-67(2)50-78(58-115(59-81(98)118)149(138,139)48-44-96)108-87(124)65-114(148(9,136)137)54-74(27-13-20-42-94)104-83(120)61-112(146(7,132)133)55-75-29-15-22-46-99-89(126)69-31-33-70(34-32-69)90(127)100-47-23-16-30-76(56-113(147(8,134)135)62-84(121)103-73(26-12-19-41-93)53-111(145(6,130)131)63-85(122)105-75)106-88(125)66-116(150(140,141)49-45-97)57-77(28-14-21-43-95)107-86(123)64-110(144(5,128)129)52-72(25-11-18-40-92)102-82(119)60-109(143-80-37-35-79(142-4)36-38-80)51-71(101-68(3)117)24-10-17-39-91/h31-38,67,71-78H,10-30,39-66,91-97H2,1-9H3,(H2,98,118)(H,99,126)(H,100,127)(H,101,117)(H,102,119)(H,103,121)(H,104,120)(H,105,122)(H,106,125)(H,107,123)(H,108,124)/t71-,72-,73-,74-,75-,76-,77-,78-/m1/s1. The number of hydrogen-bond acceptors (Lipinski definition) is 35. The molecule has 0 aliphatic carbocycles. The van der Waals surface area contributed by atoms with Crippen molar-refractivity contribution in [2.75, 3.05) is 214 Å². The molecule has 2 aromatic rings. The van der Waals surface area contributed by atoms with Gasteiger partial charge in [0, 0.05) is 150 Å². The lowest BCUT2D eigenvalue weighted by Crippen LogP contribution is -2.55. The van der Waals surface area contributed by atoms with Gasteiger partial charge in [0.05, 0.1) is 102 Å². The van der Waals surface area contributed by atoms with Gasteiger partial charge in [0.1, 0.15) is 5.75 Å². The van der Waals surface area contributed by atoms with Gasteiger partial charge in [0.2, 0.25) is 123 Å². The molecule has 2 bridgehead atoms. The maximum Gasteiger partial charge on any atom is 0.251 e. The molecule has 2 aliphatic heterocycles. The van der Waals surface area contributed by atoms with Crippen molar-refractivity contribution in [1.29, 1.82) is 0 Å². The van der Waals surface area contributed by atoms with Crippen molar-refractivity contribution in [2.45, 2.75) is 215 Å². The number of sulfonamides is 7. The number of carbonyl (C=O) groups is 11. The highest BCUT2D eigenvalue weighted by Gasteiger charge is 2.38. The first kappa shape index (κ1) is 136. The van der Waals surface area contributed by atoms with Crippen molar-refractivity contribution in [1.82, 2.24) is 87.6 Å². The van der Waals surface area contributed by atoms with Gasteiger partial charge in [-0.15, -0.1) is 0 Å². The molecule has 52 nitrogen and oxygen atoms in total. The molecule has 2 aliphatic rings. The molecule has 0 saturated carbocycles. The van der Waals surface area contributed by atoms with Crippen molar-refractivity contribution in [3.05, 3.63) is 59.7 Å². The van der Waals surface area contributed by atoms with E-state index in [1.807, 2.05) is 0 Å². The minimum absolute atomic E-state index is 0.000192. The van der Waals surface area contributed by atoms with E-state index in [9.17, 15) is 112 Å². The van der Waals surface area contributed by atoms with E-state index in [0.29, 0.717) is 76.6 Å². The normalized spacial score (nSPS) is 17.3. The molecule has 862 valence electrons. The highest BCUT2D eigenvalue weighted by atomic mass is 32.2. The summed E-state index contributed by atoms with van der Waals surface area (Å²) in [7, 11) is -29.5. The average molecular weight is 2290 g/mol. The number of carbonyl (C=O) groups excluding carboxylic acids is 11. The van der Waals surface area contributed by atoms with Gasteiger partial charge in [-0.1, -0.05) is 46.0 Å². The Hall–Kier alpha value is -8.19. The smallest absolute Gasteiger partial charge is 0.251 e. The molecule has 26 N–H and O–H groups in total. The van der Waals surface area contributed by atoms with Crippen LogP contribution in [0.5, 0.6) is 5.75 Å². The molecule has 0 radical (unpaired) electrons. The van der Waals surface area contributed by atoms with E-state index in [-0.39, 0.29) is 172 Å². The fraction of sp³-hybridized carbons (Fsp3) is 0.744. The molecule has 0 spiro atoms. The van der Waals surface area contributed by atoms with Crippen LogP contribution in [0.25, 0.3) is 0 Å². The van der Waals surface area contributed by atoms with E-state index in [4.69, 9.17) is 50.6 Å². The number of methoxy groups -OCH3 is 1. The molecule has 150 heavy (non-hydrogen) atoms. The second-order valence-corrected chi connectivity index (χ2v) is 53.3. The van der Waals surface area contributed by atoms with Gasteiger partial charge in [0.25, 0.3) is 11.8 Å². The SMILES string of the molecule is COc1ccc(SN(CC(=O)N[C@H](CCCCN)CN(CC(=O)N[C@H](CCCCN)CN(CC(=O)N[C@@H]2CCCCNC(=O)c3ccc(cc3)C(=O)NCCCC[C@H](CN(CC(=O)N[C@H](CCCCN)CN(CC(=O)N[C@H](CC(C)C)CN(CC(N)=O)S(=O)(=O)CCN)S(C)(=O)=O)S(C)(=O)=O)NC(=O)CN(S(C)(=O)=O)C[C@@H](CCCCN)NC(=O)CN(S(C)(=O)=O)C2)S(=O)(=O)CCN)S(C)(=O)=O)C[C@@H](CCCCN)NC(C)=O)cc1. The number of nitrogens with two attached hydrogens (primary N) is 8. The van der Waals surface area contributed by atoms with Crippen LogP contribution in [0.15, 0.2) is 53.4 Å². The summed E-state index contributed by atoms with van der Waals surface area (Å²) in [5.41, 5.74) is 46.4. The summed E-state index contributed by atoms with van der Waals surface area (Å²) in [4.78, 5) is 154. The number of unbranched alkanes of at least 4 members (excludes halogenated alkanes) is 5. The van der Waals surface area contributed by atoms with Crippen LogP contribution in [0.1, 0.15) is 183 Å². The lowest BCUT2D eigenvalue weighted by molar-refractivity contribution is -0.124. The van der Waals surface area contributed by atoms with Crippen molar-refractivity contribution in [2.24, 2.45) is 51.8 Å². The summed E-state index contributed by atoms with van der Waals surface area (Å²) in [5, 5.41) is 27.7. The van der Waals surface area contributed by atoms with Gasteiger partial charge in [0.15, 0.2) is 0 Å². The maximum atomic E-state index is 14.9. The molecule has 2 heterocycles. The van der Waals surface area contributed by atoms with Crippen molar-refractivity contribution in [3.8, 4) is 5.75 Å². The molecule has 60 heteroatoms. The van der Waals surface area contributed by atoms with Crippen LogP contribution >= 0.6 is 11.9 Å². The first-order valence-corrected chi connectivity index (χ1v) is 63.5. The molecule has 0 fully saturated rings. The van der Waals surface area contributed by atoms with Gasteiger partial charge in [-0.3, -0.25) is 52.7 Å². The number of nitrogens with one attached hydrogen (secondary N) is 10. The summed E-state index contributed by atoms with van der Waals surface area (Å²) in [6, 6.07) is 4.05. The third-order valence-corrected chi connectivity index (χ3v) is 34.6. The third-order valence-electron chi connectivity index (χ3n) is 23.8. The summed E-state index contributed by atoms with van der Waals surface area (Å²) < 4.78 is 207. The predicted molar refractivity (Wildman–Crippen MR) is 574 cm³/mol. The van der Waals surface area contributed by atoms with Gasteiger partial charge in [-0.05, 0) is 208 Å². The zero-order valence-electron chi connectivity index (χ0n) is 88.0. The molecular weight excluding hydrogens is 2120 g/mol. The van der Waals surface area contributed by atoms with Crippen molar-refractivity contribution >= 4 is 147 Å². The van der Waals surface area contributed by atoms with Gasteiger partial charge in [-0.25, -0.2) is 63.2 Å². The minimum atomic E-state index is -4.59. The predicted octanol–water partition coefficient (Wildman–Crippen LogP) is -5.92. The summed E-state index contributed by atoms with van der Waals surface area (Å²) in [6.45, 7) is -5.65. The molecule has 4 rings (SSSR count). The van der Waals surface area contributed by atoms with Crippen LogP contribution in [0.2, 0.25) is 0 Å². The van der Waals surface area contributed by atoms with Crippen LogP contribution < -0.4 is 104 Å². The van der Waals surface area contributed by atoms with Crippen LogP contribution in [0.4, 0.5) is 0 Å². The van der Waals surface area contributed by atoms with Crippen LogP contribution in [0, 0.1) is 5.92 Å². The molecule has 8 atom stereocenters. The highest BCUT2D eigenvalue weighted by Crippen LogP contribution is 2.27. The van der Waals surface area contributed by atoms with Crippen molar-refractivity contribution in [3.63, 3.8) is 0 Å². The zero-order chi connectivity index (χ0) is 113. The Morgan fingerprint density at radius 3 is 1.21 bits per heavy atom. The monoisotopic (exact) mass is 2290 g/mol. The van der Waals surface area contributed by atoms with E-state index < -0.39 is 287 Å². The Kier molecular flexibility index (Phi) is 63.1. The highest BCUT2D eigenvalue weighted by molar-refractivity contribution is 7.97. The Morgan fingerprint density at radius 1 is 0.433 bits per heavy atom. The second-order valence-electron chi connectivity index (χ2n) is 38.0. The quantitative estimate of drug-likeness (QED) is 0.0167. The van der Waals surface area contributed by atoms with Gasteiger partial charge < -0.3 is 104 Å². The lowest BCUT2D eigenvalue weighted by Gasteiger charge is -2.31. The number of benzene rings is 2. The second kappa shape index (κ2) is 69.6. The van der Waals surface area contributed by atoms with E-state index in [1.54, 1.807) is 42.4 Å². The Labute approximate surface area is 891 Å². The van der Waals surface area contributed by atoms with Crippen LogP contribution in [-0.4, -0.2) is 420 Å². The van der Waals surface area contributed by atoms with Gasteiger partial charge in [-0.2, -0.15) is 30.1 Å². The number of rotatable bonds is 66. The zero-order valence-corrected chi connectivity index (χ0v) is 94.6. The minimum Gasteiger partial charge on any atom is -0.497 e. The Balaban J connectivity index is 2.13. The fourth-order valence-electron chi connectivity index (χ4n) is 16.4. The molecule has 11 amide bonds. The maximum absolute atomic E-state index is 14.9. The summed E-state index contributed by atoms with van der Waals surface area (Å²) >= 11 is 1.24. The molecule has 0 saturated heterocycles. The third kappa shape index (κ3) is 57.3. The first-order valence-electron chi connectivity index (χ1n) is 50.3. The van der Waals surface area contributed by atoms with E-state index in [0.717, 1.165) is 53.4 Å². The van der Waals surface area contributed by atoms with E-state index >= 15 is 0 Å². The van der Waals surface area contributed by atoms with E-state index in [2.05, 4.69) is 53.2 Å². The van der Waals surface area contributed by atoms with Crippen LogP contribution in [0.3, 0.4) is 0 Å². The van der Waals surface area contributed by atoms with Gasteiger partial charge >= 0.3 is 0 Å². The number of fused-ring (bicyclic) bond motifs is 26. The van der Waals surface area contributed by atoms with Crippen molar-refractivity contribution < 1.29 is 116 Å². The van der Waals surface area contributed by atoms with Crippen LogP contribution in [-0.2, 0) is 113 Å². The first-order chi connectivity index (χ1) is 70.3. The molecular formula is C90H168N26O26S8. The van der Waals surface area contributed by atoms with E-state index in [1.165, 1.54) is 50.2 Å². The lowest BCUT2D eigenvalue weighted by atomic mass is 10.0. The molecule has 0 unspecified atom stereocenters. The molecule has 2 aromatic carbocycles. The average Bonchev–Trinajstić information content (AvgIpc) is 0.834. The number of nitrogens with zero attached hydrogens (tertiary/aromatic N) is 8. The number of amides is 11. The number of primary amides is 1. The Bertz CT molecular complexity index is 5390. The summed E-state index contributed by atoms with van der Waals surface area (Å²) in [5.74, 6) is -9.94. The topological polar surface area (TPSA) is 790 Å².